The van der Waals surface area contributed by atoms with Crippen molar-refractivity contribution >= 4 is 27.6 Å². The summed E-state index contributed by atoms with van der Waals surface area (Å²) in [7, 11) is -3.95. The molecule has 0 aromatic heterocycles. The average Bonchev–Trinajstić information content (AvgIpc) is 2.69. The Bertz CT molecular complexity index is 957. The molecule has 1 amide bonds. The summed E-state index contributed by atoms with van der Waals surface area (Å²) in [4.78, 5) is 24.3. The lowest BCUT2D eigenvalue weighted by atomic mass is 10.2. The van der Waals surface area contributed by atoms with Crippen LogP contribution in [0.2, 0.25) is 0 Å². The van der Waals surface area contributed by atoms with E-state index in [0.29, 0.717) is 18.9 Å². The van der Waals surface area contributed by atoms with E-state index in [1.165, 1.54) is 31.2 Å². The minimum absolute atomic E-state index is 0.00170. The quantitative estimate of drug-likeness (QED) is 0.603. The highest BCUT2D eigenvalue weighted by molar-refractivity contribution is 7.92. The molecule has 0 saturated heterocycles. The zero-order chi connectivity index (χ0) is 21.4. The van der Waals surface area contributed by atoms with Crippen molar-refractivity contribution < 1.29 is 27.5 Å². The van der Waals surface area contributed by atoms with Crippen LogP contribution >= 0.6 is 0 Å². The number of rotatable bonds is 9. The van der Waals surface area contributed by atoms with E-state index < -0.39 is 28.0 Å². The molecular weight excluding hydrogens is 396 g/mol. The molecule has 2 N–H and O–H groups in total. The van der Waals surface area contributed by atoms with Crippen LogP contribution in [0.25, 0.3) is 0 Å². The molecular formula is C20H24N2O6S. The first kappa shape index (κ1) is 22.2. The zero-order valence-corrected chi connectivity index (χ0v) is 17.3. The number of benzene rings is 2. The third kappa shape index (κ3) is 5.95. The van der Waals surface area contributed by atoms with E-state index in [2.05, 4.69) is 10.0 Å². The lowest BCUT2D eigenvalue weighted by molar-refractivity contribution is -0.128. The van der Waals surface area contributed by atoms with Gasteiger partial charge in [0.25, 0.3) is 15.9 Å². The van der Waals surface area contributed by atoms with E-state index >= 15 is 0 Å². The van der Waals surface area contributed by atoms with E-state index in [9.17, 15) is 18.0 Å². The number of anilines is 1. The van der Waals surface area contributed by atoms with Gasteiger partial charge in [-0.1, -0.05) is 12.1 Å². The summed E-state index contributed by atoms with van der Waals surface area (Å²) in [6.07, 6.45) is -1.02. The van der Waals surface area contributed by atoms with Gasteiger partial charge in [-0.05, 0) is 57.2 Å². The number of carbonyl (C=O) groups is 2. The number of ether oxygens (including phenoxy) is 2. The summed E-state index contributed by atoms with van der Waals surface area (Å²) >= 11 is 0. The van der Waals surface area contributed by atoms with Crippen molar-refractivity contribution in [1.82, 2.24) is 5.32 Å². The van der Waals surface area contributed by atoms with E-state index in [1.54, 1.807) is 31.2 Å². The Balaban J connectivity index is 2.21. The molecule has 0 aliphatic carbocycles. The molecule has 156 valence electrons. The van der Waals surface area contributed by atoms with Gasteiger partial charge in [-0.25, -0.2) is 13.2 Å². The molecule has 0 unspecified atom stereocenters. The van der Waals surface area contributed by atoms with Crippen LogP contribution in [0.5, 0.6) is 5.75 Å². The fourth-order valence-electron chi connectivity index (χ4n) is 2.43. The highest BCUT2D eigenvalue weighted by atomic mass is 32.2. The normalized spacial score (nSPS) is 12.0. The Morgan fingerprint density at radius 1 is 1.03 bits per heavy atom. The van der Waals surface area contributed by atoms with Gasteiger partial charge in [-0.3, -0.25) is 9.52 Å². The van der Waals surface area contributed by atoms with Gasteiger partial charge in [-0.2, -0.15) is 0 Å². The summed E-state index contributed by atoms with van der Waals surface area (Å²) < 4.78 is 38.2. The van der Waals surface area contributed by atoms with Crippen LogP contribution in [0.1, 0.15) is 31.1 Å². The Kier molecular flexibility index (Phi) is 7.60. The Labute approximate surface area is 170 Å². The molecule has 0 spiro atoms. The van der Waals surface area contributed by atoms with Gasteiger partial charge in [-0.15, -0.1) is 0 Å². The molecule has 0 fully saturated rings. The molecule has 1 atom stereocenters. The summed E-state index contributed by atoms with van der Waals surface area (Å²) in [5.41, 5.74) is 0.0487. The number of esters is 1. The number of amides is 1. The van der Waals surface area contributed by atoms with E-state index in [1.807, 2.05) is 6.92 Å². The third-order valence-corrected chi connectivity index (χ3v) is 5.22. The van der Waals surface area contributed by atoms with Crippen molar-refractivity contribution in [2.75, 3.05) is 17.9 Å². The molecule has 2 aromatic carbocycles. The summed E-state index contributed by atoms with van der Waals surface area (Å²) in [5, 5.41) is 2.55. The molecule has 0 aliphatic heterocycles. The number of likely N-dealkylation sites (N-methyl/N-ethyl adjacent to an activating group) is 1. The van der Waals surface area contributed by atoms with Gasteiger partial charge < -0.3 is 14.8 Å². The highest BCUT2D eigenvalue weighted by Crippen LogP contribution is 2.23. The zero-order valence-electron chi connectivity index (χ0n) is 16.5. The topological polar surface area (TPSA) is 111 Å². The number of carbonyl (C=O) groups excluding carboxylic acids is 2. The number of para-hydroxylation sites is 1. The molecule has 0 bridgehead atoms. The Morgan fingerprint density at radius 2 is 1.69 bits per heavy atom. The molecule has 0 radical (unpaired) electrons. The average molecular weight is 420 g/mol. The molecule has 8 nitrogen and oxygen atoms in total. The Hall–Kier alpha value is -3.07. The predicted molar refractivity (Wildman–Crippen MR) is 108 cm³/mol. The maximum absolute atomic E-state index is 12.7. The molecule has 2 aromatic rings. The smallest absolute Gasteiger partial charge is 0.341 e. The standard InChI is InChI=1S/C20H24N2O6S/c1-4-21-19(23)14(3)28-20(24)17-8-6-7-9-18(17)22-29(25,26)16-12-10-15(11-13-16)27-5-2/h6-14,22H,4-5H2,1-3H3,(H,21,23)/t14-/m1/s1. The predicted octanol–water partition coefficient (Wildman–Crippen LogP) is 2.57. The second-order valence-corrected chi connectivity index (χ2v) is 7.68. The second kappa shape index (κ2) is 9.92. The number of nitrogens with one attached hydrogen (secondary N) is 2. The van der Waals surface area contributed by atoms with E-state index in [0.717, 1.165) is 0 Å². The molecule has 2 rings (SSSR count). The number of hydrogen-bond donors (Lipinski definition) is 2. The molecule has 0 aliphatic rings. The summed E-state index contributed by atoms with van der Waals surface area (Å²) in [5.74, 6) is -0.697. The lowest BCUT2D eigenvalue weighted by Crippen LogP contribution is -2.35. The maximum atomic E-state index is 12.7. The van der Waals surface area contributed by atoms with Gasteiger partial charge in [0.15, 0.2) is 6.10 Å². The van der Waals surface area contributed by atoms with Crippen molar-refractivity contribution in [3.8, 4) is 5.75 Å². The fourth-order valence-corrected chi connectivity index (χ4v) is 3.51. The highest BCUT2D eigenvalue weighted by Gasteiger charge is 2.23. The molecule has 0 heterocycles. The largest absolute Gasteiger partial charge is 0.494 e. The summed E-state index contributed by atoms with van der Waals surface area (Å²) in [6, 6.07) is 11.9. The van der Waals surface area contributed by atoms with Crippen LogP contribution in [0, 0.1) is 0 Å². The van der Waals surface area contributed by atoms with Crippen LogP contribution < -0.4 is 14.8 Å². The van der Waals surface area contributed by atoms with Gasteiger partial charge in [0.05, 0.1) is 22.8 Å². The first-order valence-corrected chi connectivity index (χ1v) is 10.6. The molecule has 0 saturated carbocycles. The van der Waals surface area contributed by atoms with Crippen LogP contribution in [-0.4, -0.2) is 39.5 Å². The lowest BCUT2D eigenvalue weighted by Gasteiger charge is -2.15. The van der Waals surface area contributed by atoms with Gasteiger partial charge in [0.2, 0.25) is 0 Å². The van der Waals surface area contributed by atoms with Gasteiger partial charge >= 0.3 is 5.97 Å². The Morgan fingerprint density at radius 3 is 2.31 bits per heavy atom. The van der Waals surface area contributed by atoms with Gasteiger partial charge in [0, 0.05) is 6.54 Å². The SMILES string of the molecule is CCNC(=O)[C@@H](C)OC(=O)c1ccccc1NS(=O)(=O)c1ccc(OCC)cc1. The first-order valence-electron chi connectivity index (χ1n) is 9.11. The van der Waals surface area contributed by atoms with Crippen LogP contribution in [0.15, 0.2) is 53.4 Å². The molecule has 9 heteroatoms. The van der Waals surface area contributed by atoms with E-state index in [4.69, 9.17) is 9.47 Å². The van der Waals surface area contributed by atoms with Crippen molar-refractivity contribution in [1.29, 1.82) is 0 Å². The molecule has 29 heavy (non-hydrogen) atoms. The van der Waals surface area contributed by atoms with Crippen molar-refractivity contribution in [2.45, 2.75) is 31.8 Å². The second-order valence-electron chi connectivity index (χ2n) is 6.00. The minimum Gasteiger partial charge on any atom is -0.494 e. The maximum Gasteiger partial charge on any atom is 0.341 e. The summed E-state index contributed by atoms with van der Waals surface area (Å²) in [6.45, 7) is 5.88. The van der Waals surface area contributed by atoms with Crippen LogP contribution in [0.3, 0.4) is 0 Å². The minimum atomic E-state index is -3.95. The number of sulfonamides is 1. The number of hydrogen-bond acceptors (Lipinski definition) is 6. The third-order valence-electron chi connectivity index (χ3n) is 3.84. The monoisotopic (exact) mass is 420 g/mol. The first-order chi connectivity index (χ1) is 13.8. The van der Waals surface area contributed by atoms with Crippen LogP contribution in [0.4, 0.5) is 5.69 Å². The van der Waals surface area contributed by atoms with E-state index in [-0.39, 0.29) is 16.1 Å². The van der Waals surface area contributed by atoms with Gasteiger partial charge in [0.1, 0.15) is 5.75 Å². The van der Waals surface area contributed by atoms with Crippen molar-refractivity contribution in [2.24, 2.45) is 0 Å². The van der Waals surface area contributed by atoms with Crippen LogP contribution in [-0.2, 0) is 19.6 Å². The van der Waals surface area contributed by atoms with Crippen molar-refractivity contribution in [3.63, 3.8) is 0 Å². The fraction of sp³-hybridized carbons (Fsp3) is 0.300. The van der Waals surface area contributed by atoms with Crippen molar-refractivity contribution in [3.05, 3.63) is 54.1 Å².